The number of methoxy groups -OCH3 is 1. The lowest BCUT2D eigenvalue weighted by Gasteiger charge is -2.14. The van der Waals surface area contributed by atoms with Crippen LogP contribution in [0.25, 0.3) is 0 Å². The van der Waals surface area contributed by atoms with E-state index in [1.54, 1.807) is 26.2 Å². The Kier molecular flexibility index (Phi) is 7.27. The van der Waals surface area contributed by atoms with Crippen LogP contribution >= 0.6 is 15.9 Å². The number of ether oxygens (including phenoxy) is 1. The van der Waals surface area contributed by atoms with Crippen LogP contribution in [0, 0.1) is 10.1 Å². The van der Waals surface area contributed by atoms with Crippen LogP contribution in [0.3, 0.4) is 0 Å². The molecule has 0 aliphatic rings. The summed E-state index contributed by atoms with van der Waals surface area (Å²) in [6.07, 6.45) is 0. The Morgan fingerprint density at radius 2 is 2.24 bits per heavy atom. The number of amides is 1. The minimum Gasteiger partial charge on any atom is -0.383 e. The van der Waals surface area contributed by atoms with Gasteiger partial charge in [0.05, 0.1) is 22.0 Å². The number of halogens is 1. The third-order valence-electron chi connectivity index (χ3n) is 2.85. The highest BCUT2D eigenvalue weighted by atomic mass is 79.9. The third kappa shape index (κ3) is 5.41. The summed E-state index contributed by atoms with van der Waals surface area (Å²) in [5.74, 6) is -0.145. The van der Waals surface area contributed by atoms with Crippen LogP contribution in [0.5, 0.6) is 0 Å². The summed E-state index contributed by atoms with van der Waals surface area (Å²) in [7, 11) is 1.56. The van der Waals surface area contributed by atoms with E-state index in [-0.39, 0.29) is 11.6 Å². The molecule has 0 bridgehead atoms. The Bertz CT molecular complexity index is 510. The maximum atomic E-state index is 11.8. The van der Waals surface area contributed by atoms with Gasteiger partial charge in [-0.05, 0) is 28.4 Å². The Morgan fingerprint density at radius 1 is 1.52 bits per heavy atom. The first-order valence-corrected chi connectivity index (χ1v) is 7.18. The lowest BCUT2D eigenvalue weighted by Crippen LogP contribution is -2.42. The smallest absolute Gasteiger partial charge is 0.283 e. The molecule has 1 rings (SSSR count). The van der Waals surface area contributed by atoms with Crippen molar-refractivity contribution in [1.29, 1.82) is 0 Å². The van der Waals surface area contributed by atoms with Crippen LogP contribution in [0.4, 0.5) is 5.69 Å². The van der Waals surface area contributed by atoms with Crippen LogP contribution in [0.2, 0.25) is 0 Å². The molecule has 7 nitrogen and oxygen atoms in total. The quantitative estimate of drug-likeness (QED) is 0.417. The lowest BCUT2D eigenvalue weighted by atomic mass is 10.2. The van der Waals surface area contributed by atoms with Crippen LogP contribution in [-0.4, -0.2) is 37.1 Å². The van der Waals surface area contributed by atoms with E-state index in [0.29, 0.717) is 24.2 Å². The zero-order valence-corrected chi connectivity index (χ0v) is 13.5. The number of carbonyl (C=O) groups excluding carboxylic acids is 1. The maximum Gasteiger partial charge on any atom is 0.283 e. The molecule has 0 aliphatic carbocycles. The number of carbonyl (C=O) groups is 1. The first kappa shape index (κ1) is 17.5. The molecule has 0 spiro atoms. The predicted octanol–water partition coefficient (Wildman–Crippen LogP) is 1.60. The Morgan fingerprint density at radius 3 is 2.86 bits per heavy atom. The molecule has 0 heterocycles. The lowest BCUT2D eigenvalue weighted by molar-refractivity contribution is -0.385. The van der Waals surface area contributed by atoms with Gasteiger partial charge in [-0.25, -0.2) is 0 Å². The Balaban J connectivity index is 2.57. The van der Waals surface area contributed by atoms with Crippen molar-refractivity contribution < 1.29 is 14.5 Å². The van der Waals surface area contributed by atoms with E-state index in [1.807, 2.05) is 0 Å². The van der Waals surface area contributed by atoms with Crippen molar-refractivity contribution in [3.63, 3.8) is 0 Å². The summed E-state index contributed by atoms with van der Waals surface area (Å²) in [6.45, 7) is 2.98. The van der Waals surface area contributed by atoms with Gasteiger partial charge in [-0.1, -0.05) is 12.1 Å². The molecule has 0 radical (unpaired) electrons. The van der Waals surface area contributed by atoms with Gasteiger partial charge in [0.1, 0.15) is 0 Å². The Labute approximate surface area is 131 Å². The van der Waals surface area contributed by atoms with E-state index < -0.39 is 11.0 Å². The van der Waals surface area contributed by atoms with Crippen LogP contribution in [0.15, 0.2) is 22.7 Å². The highest BCUT2D eigenvalue weighted by Gasteiger charge is 2.16. The minimum absolute atomic E-state index is 0.00602. The first-order chi connectivity index (χ1) is 9.97. The van der Waals surface area contributed by atoms with Gasteiger partial charge >= 0.3 is 0 Å². The van der Waals surface area contributed by atoms with Crippen molar-refractivity contribution >= 4 is 27.5 Å². The van der Waals surface area contributed by atoms with Crippen molar-refractivity contribution in [3.05, 3.63) is 38.3 Å². The highest BCUT2D eigenvalue weighted by molar-refractivity contribution is 9.10. The molecule has 2 N–H and O–H groups in total. The molecule has 1 aromatic rings. The molecule has 21 heavy (non-hydrogen) atoms. The molecular formula is C13H18BrN3O4. The van der Waals surface area contributed by atoms with Gasteiger partial charge < -0.3 is 15.4 Å². The van der Waals surface area contributed by atoms with E-state index in [9.17, 15) is 14.9 Å². The van der Waals surface area contributed by atoms with Gasteiger partial charge in [-0.2, -0.15) is 0 Å². The zero-order chi connectivity index (χ0) is 15.8. The van der Waals surface area contributed by atoms with E-state index in [0.717, 1.165) is 5.56 Å². The van der Waals surface area contributed by atoms with E-state index in [2.05, 4.69) is 26.6 Å². The normalized spacial score (nSPS) is 12.0. The van der Waals surface area contributed by atoms with Crippen LogP contribution < -0.4 is 10.6 Å². The fourth-order valence-electron chi connectivity index (χ4n) is 1.63. The summed E-state index contributed by atoms with van der Waals surface area (Å²) in [5, 5.41) is 16.6. The van der Waals surface area contributed by atoms with Crippen LogP contribution in [0.1, 0.15) is 12.5 Å². The maximum absolute atomic E-state index is 11.8. The minimum atomic E-state index is -0.450. The van der Waals surface area contributed by atoms with Crippen molar-refractivity contribution in [3.8, 4) is 0 Å². The first-order valence-electron chi connectivity index (χ1n) is 6.39. The average Bonchev–Trinajstić information content (AvgIpc) is 2.45. The van der Waals surface area contributed by atoms with Gasteiger partial charge in [0.2, 0.25) is 5.91 Å². The fraction of sp³-hybridized carbons (Fsp3) is 0.462. The number of benzene rings is 1. The molecule has 1 amide bonds. The summed E-state index contributed by atoms with van der Waals surface area (Å²) in [4.78, 5) is 22.1. The SMILES string of the molecule is COCCNC(=O)C(C)NCc1cccc([N+](=O)[O-])c1Br. The number of hydrogen-bond acceptors (Lipinski definition) is 5. The Hall–Kier alpha value is -1.51. The van der Waals surface area contributed by atoms with Gasteiger partial charge in [-0.3, -0.25) is 14.9 Å². The number of nitrogens with zero attached hydrogens (tertiary/aromatic N) is 1. The average molecular weight is 360 g/mol. The van der Waals surface area contributed by atoms with Gasteiger partial charge in [0, 0.05) is 26.3 Å². The molecule has 116 valence electrons. The molecule has 0 fully saturated rings. The van der Waals surface area contributed by atoms with Crippen molar-refractivity contribution in [2.24, 2.45) is 0 Å². The van der Waals surface area contributed by atoms with Crippen LogP contribution in [-0.2, 0) is 16.1 Å². The molecule has 8 heteroatoms. The molecule has 0 saturated heterocycles. The third-order valence-corrected chi connectivity index (χ3v) is 3.77. The van der Waals surface area contributed by atoms with E-state index in [4.69, 9.17) is 4.74 Å². The molecule has 1 unspecified atom stereocenters. The molecule has 0 aromatic heterocycles. The number of nitro groups is 1. The largest absolute Gasteiger partial charge is 0.383 e. The molecular weight excluding hydrogens is 342 g/mol. The second-order valence-corrected chi connectivity index (χ2v) is 5.19. The molecule has 1 atom stereocenters. The molecule has 0 aliphatic heterocycles. The summed E-state index contributed by atoms with van der Waals surface area (Å²) < 4.78 is 5.27. The highest BCUT2D eigenvalue weighted by Crippen LogP contribution is 2.28. The molecule has 0 saturated carbocycles. The number of nitro benzene ring substituents is 1. The summed E-state index contributed by atoms with van der Waals surface area (Å²) >= 11 is 3.22. The van der Waals surface area contributed by atoms with Gasteiger partial charge in [-0.15, -0.1) is 0 Å². The number of hydrogen-bond donors (Lipinski definition) is 2. The molecule has 1 aromatic carbocycles. The van der Waals surface area contributed by atoms with Gasteiger partial charge in [0.25, 0.3) is 5.69 Å². The number of nitrogens with one attached hydrogen (secondary N) is 2. The second-order valence-electron chi connectivity index (χ2n) is 4.39. The summed E-state index contributed by atoms with van der Waals surface area (Å²) in [5.41, 5.74) is 0.729. The zero-order valence-electron chi connectivity index (χ0n) is 11.9. The van der Waals surface area contributed by atoms with E-state index >= 15 is 0 Å². The predicted molar refractivity (Wildman–Crippen MR) is 82.0 cm³/mol. The number of rotatable bonds is 8. The van der Waals surface area contributed by atoms with Gasteiger partial charge in [0.15, 0.2) is 0 Å². The fourth-order valence-corrected chi connectivity index (χ4v) is 2.18. The van der Waals surface area contributed by atoms with Crippen molar-refractivity contribution in [2.75, 3.05) is 20.3 Å². The monoisotopic (exact) mass is 359 g/mol. The van der Waals surface area contributed by atoms with Crippen molar-refractivity contribution in [2.45, 2.75) is 19.5 Å². The topological polar surface area (TPSA) is 93.5 Å². The second kappa shape index (κ2) is 8.71. The van der Waals surface area contributed by atoms with E-state index in [1.165, 1.54) is 6.07 Å². The van der Waals surface area contributed by atoms with Crippen molar-refractivity contribution in [1.82, 2.24) is 10.6 Å². The standard InChI is InChI=1S/C13H18BrN3O4/c1-9(13(18)15-6-7-21-2)16-8-10-4-3-5-11(12(10)14)17(19)20/h3-5,9,16H,6-8H2,1-2H3,(H,15,18). The summed E-state index contributed by atoms with van der Waals surface area (Å²) in [6, 6.07) is 4.39.